The summed E-state index contributed by atoms with van der Waals surface area (Å²) in [6.07, 6.45) is 0.839. The van der Waals surface area contributed by atoms with Gasteiger partial charge in [0.1, 0.15) is 17.2 Å². The lowest BCUT2D eigenvalue weighted by molar-refractivity contribution is 0.106. The highest BCUT2D eigenvalue weighted by molar-refractivity contribution is 8.55. The highest BCUT2D eigenvalue weighted by Gasteiger charge is 2.27. The van der Waals surface area contributed by atoms with Crippen molar-refractivity contribution >= 4 is 29.7 Å². The van der Waals surface area contributed by atoms with E-state index in [2.05, 4.69) is 5.10 Å². The molecule has 162 valence electrons. The van der Waals surface area contributed by atoms with E-state index in [4.69, 9.17) is 19.6 Å². The van der Waals surface area contributed by atoms with Crippen LogP contribution in [0.5, 0.6) is 11.5 Å². The predicted molar refractivity (Wildman–Crippen MR) is 122 cm³/mol. The van der Waals surface area contributed by atoms with Gasteiger partial charge in [-0.15, -0.1) is 0 Å². The van der Waals surface area contributed by atoms with E-state index in [9.17, 15) is 9.36 Å². The van der Waals surface area contributed by atoms with E-state index in [-0.39, 0.29) is 18.1 Å². The molecule has 0 heterocycles. The van der Waals surface area contributed by atoms with E-state index >= 15 is 0 Å². The van der Waals surface area contributed by atoms with Gasteiger partial charge >= 0.3 is 6.80 Å². The molecule has 2 N–H and O–H groups in total. The van der Waals surface area contributed by atoms with Crippen molar-refractivity contribution < 1.29 is 23.1 Å². The van der Waals surface area contributed by atoms with Crippen LogP contribution >= 0.6 is 18.2 Å². The summed E-state index contributed by atoms with van der Waals surface area (Å²) >= 11 is 1.15. The summed E-state index contributed by atoms with van der Waals surface area (Å²) in [6, 6.07) is 13.3. The fraction of sp³-hybridized carbons (Fsp3) is 0.333. The van der Waals surface area contributed by atoms with Crippen LogP contribution in [0.15, 0.2) is 53.6 Å². The Balaban J connectivity index is 2.25. The Bertz CT molecular complexity index is 918. The molecule has 0 bridgehead atoms. The van der Waals surface area contributed by atoms with Gasteiger partial charge in [-0.25, -0.2) is 4.57 Å². The standard InChI is InChI=1S/C21H27N2O5PS/c1-4-14-30-29(25,27-6-3)28-19-9-7-8-17(15-19)20(23-22)21(24)16-10-12-18(13-11-16)26-5-2/h7-13,15H,4-6,14,22H2,1-3H3/b23-20+. The van der Waals surface area contributed by atoms with Gasteiger partial charge in [0, 0.05) is 16.9 Å². The van der Waals surface area contributed by atoms with Crippen LogP contribution in [-0.2, 0) is 9.09 Å². The van der Waals surface area contributed by atoms with Gasteiger partial charge in [0.15, 0.2) is 0 Å². The fourth-order valence-corrected chi connectivity index (χ4v) is 6.00. The Hall–Kier alpha value is -2.28. The van der Waals surface area contributed by atoms with Crippen molar-refractivity contribution in [2.75, 3.05) is 19.0 Å². The first-order valence-electron chi connectivity index (χ1n) is 9.70. The highest BCUT2D eigenvalue weighted by Crippen LogP contribution is 2.60. The molecular weight excluding hydrogens is 423 g/mol. The Kier molecular flexibility index (Phi) is 9.43. The third-order valence-electron chi connectivity index (χ3n) is 3.84. The lowest BCUT2D eigenvalue weighted by Gasteiger charge is -2.18. The highest BCUT2D eigenvalue weighted by atomic mass is 32.7. The Morgan fingerprint density at radius 3 is 2.37 bits per heavy atom. The molecule has 0 aromatic heterocycles. The van der Waals surface area contributed by atoms with Gasteiger partial charge in [-0.2, -0.15) is 5.10 Å². The zero-order valence-corrected chi connectivity index (χ0v) is 19.1. The summed E-state index contributed by atoms with van der Waals surface area (Å²) in [4.78, 5) is 12.9. The third kappa shape index (κ3) is 6.62. The second-order valence-corrected chi connectivity index (χ2v) is 10.2. The summed E-state index contributed by atoms with van der Waals surface area (Å²) in [5.74, 6) is 6.82. The first-order valence-corrected chi connectivity index (χ1v) is 12.8. The number of benzene rings is 2. The minimum Gasteiger partial charge on any atom is -0.494 e. The average Bonchev–Trinajstić information content (AvgIpc) is 2.74. The van der Waals surface area contributed by atoms with Crippen molar-refractivity contribution in [3.8, 4) is 11.5 Å². The van der Waals surface area contributed by atoms with Crippen LogP contribution in [-0.4, -0.2) is 30.5 Å². The Morgan fingerprint density at radius 2 is 1.77 bits per heavy atom. The predicted octanol–water partition coefficient (Wildman–Crippen LogP) is 5.30. The maximum Gasteiger partial charge on any atom is 0.440 e. The van der Waals surface area contributed by atoms with E-state index in [1.54, 1.807) is 55.5 Å². The summed E-state index contributed by atoms with van der Waals surface area (Å²) in [5.41, 5.74) is 0.946. The number of Topliss-reactive ketones (excluding diaryl/α,β-unsaturated/α-hetero) is 1. The van der Waals surface area contributed by atoms with Gasteiger partial charge in [0.2, 0.25) is 5.78 Å². The van der Waals surface area contributed by atoms with Crippen molar-refractivity contribution in [3.63, 3.8) is 0 Å². The number of hydrogen-bond acceptors (Lipinski definition) is 8. The maximum atomic E-state index is 12.9. The van der Waals surface area contributed by atoms with Crippen LogP contribution in [0, 0.1) is 0 Å². The minimum absolute atomic E-state index is 0.0667. The van der Waals surface area contributed by atoms with Crippen LogP contribution in [0.4, 0.5) is 0 Å². The van der Waals surface area contributed by atoms with Crippen LogP contribution < -0.4 is 15.1 Å². The number of nitrogens with two attached hydrogens (primary N) is 1. The molecule has 0 saturated heterocycles. The molecule has 2 aromatic carbocycles. The van der Waals surface area contributed by atoms with E-state index in [0.29, 0.717) is 35.0 Å². The van der Waals surface area contributed by atoms with Gasteiger partial charge in [-0.1, -0.05) is 19.1 Å². The molecule has 1 atom stereocenters. The van der Waals surface area contributed by atoms with Crippen molar-refractivity contribution in [2.45, 2.75) is 27.2 Å². The second-order valence-electron chi connectivity index (χ2n) is 6.08. The summed E-state index contributed by atoms with van der Waals surface area (Å²) in [6.45, 7) is 3.07. The second kappa shape index (κ2) is 11.8. The third-order valence-corrected chi connectivity index (χ3v) is 7.79. The van der Waals surface area contributed by atoms with Crippen LogP contribution in [0.3, 0.4) is 0 Å². The first-order chi connectivity index (χ1) is 14.5. The molecule has 0 saturated carbocycles. The SMILES string of the molecule is CCCSP(=O)(OCC)Oc1cccc(/C(=N\N)C(=O)c2ccc(OCC)cc2)c1. The van der Waals surface area contributed by atoms with Crippen LogP contribution in [0.25, 0.3) is 0 Å². The molecule has 0 aliphatic rings. The average molecular weight is 450 g/mol. The number of ether oxygens (including phenoxy) is 1. The first kappa shape index (κ1) is 24.0. The number of rotatable bonds is 12. The molecule has 2 rings (SSSR count). The van der Waals surface area contributed by atoms with Crippen molar-refractivity contribution in [1.82, 2.24) is 0 Å². The fourth-order valence-electron chi connectivity index (χ4n) is 2.55. The molecule has 0 amide bonds. The van der Waals surface area contributed by atoms with Crippen LogP contribution in [0.1, 0.15) is 43.1 Å². The zero-order valence-electron chi connectivity index (χ0n) is 17.4. The van der Waals surface area contributed by atoms with E-state index in [1.807, 2.05) is 13.8 Å². The molecule has 1 unspecified atom stereocenters. The number of nitrogens with zero attached hydrogens (tertiary/aromatic N) is 1. The van der Waals surface area contributed by atoms with E-state index in [0.717, 1.165) is 17.8 Å². The van der Waals surface area contributed by atoms with Crippen molar-refractivity contribution in [2.24, 2.45) is 10.9 Å². The number of ketones is 1. The van der Waals surface area contributed by atoms with Crippen molar-refractivity contribution in [3.05, 3.63) is 59.7 Å². The normalized spacial score (nSPS) is 13.5. The van der Waals surface area contributed by atoms with Gasteiger partial charge < -0.3 is 15.1 Å². The monoisotopic (exact) mass is 450 g/mol. The maximum absolute atomic E-state index is 12.9. The van der Waals surface area contributed by atoms with Crippen molar-refractivity contribution in [1.29, 1.82) is 0 Å². The summed E-state index contributed by atoms with van der Waals surface area (Å²) in [5, 5.41) is 3.69. The summed E-state index contributed by atoms with van der Waals surface area (Å²) in [7, 11) is 0. The number of carbonyl (C=O) groups excluding carboxylic acids is 1. The molecule has 7 nitrogen and oxygen atoms in total. The number of carbonyl (C=O) groups is 1. The van der Waals surface area contributed by atoms with E-state index < -0.39 is 6.80 Å². The topological polar surface area (TPSA) is 100 Å². The molecule has 9 heteroatoms. The number of hydrogen-bond donors (Lipinski definition) is 1. The molecule has 0 fully saturated rings. The largest absolute Gasteiger partial charge is 0.494 e. The number of hydrazone groups is 1. The Morgan fingerprint density at radius 1 is 1.03 bits per heavy atom. The lowest BCUT2D eigenvalue weighted by atomic mass is 10.0. The van der Waals surface area contributed by atoms with Gasteiger partial charge in [-0.05, 0) is 68.0 Å². The zero-order chi connectivity index (χ0) is 22.0. The Labute approximate surface area is 181 Å². The lowest BCUT2D eigenvalue weighted by Crippen LogP contribution is -2.18. The minimum atomic E-state index is -3.36. The van der Waals surface area contributed by atoms with Gasteiger partial charge in [0.25, 0.3) is 0 Å². The van der Waals surface area contributed by atoms with Gasteiger partial charge in [0.05, 0.1) is 13.2 Å². The molecule has 0 radical (unpaired) electrons. The van der Waals surface area contributed by atoms with Gasteiger partial charge in [-0.3, -0.25) is 9.32 Å². The molecular formula is C21H27N2O5PS. The molecule has 0 spiro atoms. The molecule has 0 aliphatic carbocycles. The molecule has 2 aromatic rings. The van der Waals surface area contributed by atoms with E-state index in [1.165, 1.54) is 0 Å². The quantitative estimate of drug-likeness (QED) is 0.154. The van der Waals surface area contributed by atoms with Crippen LogP contribution in [0.2, 0.25) is 0 Å². The summed E-state index contributed by atoms with van der Waals surface area (Å²) < 4.78 is 29.4. The smallest absolute Gasteiger partial charge is 0.440 e. The molecule has 30 heavy (non-hydrogen) atoms. The molecule has 0 aliphatic heterocycles.